The van der Waals surface area contributed by atoms with E-state index in [-0.39, 0.29) is 23.9 Å². The quantitative estimate of drug-likeness (QED) is 0.529. The summed E-state index contributed by atoms with van der Waals surface area (Å²) in [5, 5.41) is 8.92. The highest BCUT2D eigenvalue weighted by molar-refractivity contribution is 5.79. The zero-order chi connectivity index (χ0) is 9.97. The summed E-state index contributed by atoms with van der Waals surface area (Å²) < 4.78 is 0. The van der Waals surface area contributed by atoms with Crippen molar-refractivity contribution in [2.75, 3.05) is 13.1 Å². The molecule has 0 aliphatic carbocycles. The Morgan fingerprint density at radius 2 is 2.21 bits per heavy atom. The fraction of sp³-hybridized carbons (Fsp3) is 0.778. The standard InChI is InChI=1S/C9H15N3O2/c13-8-2-1-6(12-8)4-10-7-3-9(14)11-5-7/h6-7,10H,1-5H2,(H,11,14)(H,12,13). The molecule has 0 aromatic rings. The minimum atomic E-state index is 0.109. The Morgan fingerprint density at radius 1 is 1.36 bits per heavy atom. The van der Waals surface area contributed by atoms with Crippen LogP contribution in [0.4, 0.5) is 0 Å². The molecule has 0 spiro atoms. The van der Waals surface area contributed by atoms with Crippen molar-refractivity contribution < 1.29 is 9.59 Å². The molecule has 78 valence electrons. The Kier molecular flexibility index (Phi) is 2.67. The zero-order valence-corrected chi connectivity index (χ0v) is 8.01. The van der Waals surface area contributed by atoms with Crippen LogP contribution in [0.1, 0.15) is 19.3 Å². The Labute approximate surface area is 82.6 Å². The fourth-order valence-corrected chi connectivity index (χ4v) is 1.89. The molecule has 2 fully saturated rings. The third-order valence-electron chi connectivity index (χ3n) is 2.72. The Balaban J connectivity index is 1.67. The molecular weight excluding hydrogens is 182 g/mol. The van der Waals surface area contributed by atoms with Gasteiger partial charge < -0.3 is 16.0 Å². The second kappa shape index (κ2) is 3.96. The molecule has 2 atom stereocenters. The third-order valence-corrected chi connectivity index (χ3v) is 2.72. The fourth-order valence-electron chi connectivity index (χ4n) is 1.89. The van der Waals surface area contributed by atoms with E-state index in [1.165, 1.54) is 0 Å². The van der Waals surface area contributed by atoms with Gasteiger partial charge in [0, 0.05) is 38.0 Å². The lowest BCUT2D eigenvalue weighted by Crippen LogP contribution is -2.41. The first kappa shape index (κ1) is 9.45. The largest absolute Gasteiger partial charge is 0.354 e. The van der Waals surface area contributed by atoms with Gasteiger partial charge in [-0.2, -0.15) is 0 Å². The van der Waals surface area contributed by atoms with Crippen molar-refractivity contribution in [3.05, 3.63) is 0 Å². The molecule has 2 rings (SSSR count). The van der Waals surface area contributed by atoms with Crippen LogP contribution in [0.2, 0.25) is 0 Å². The number of rotatable bonds is 3. The lowest BCUT2D eigenvalue weighted by atomic mass is 10.2. The van der Waals surface area contributed by atoms with E-state index in [4.69, 9.17) is 0 Å². The van der Waals surface area contributed by atoms with Gasteiger partial charge in [0.25, 0.3) is 0 Å². The lowest BCUT2D eigenvalue weighted by Gasteiger charge is -2.14. The normalized spacial score (nSPS) is 31.7. The second-order valence-corrected chi connectivity index (χ2v) is 3.92. The van der Waals surface area contributed by atoms with E-state index in [1.807, 2.05) is 0 Å². The number of hydrogen-bond acceptors (Lipinski definition) is 3. The summed E-state index contributed by atoms with van der Waals surface area (Å²) >= 11 is 0. The molecule has 0 aromatic heterocycles. The zero-order valence-electron chi connectivity index (χ0n) is 8.01. The number of carbonyl (C=O) groups is 2. The monoisotopic (exact) mass is 197 g/mol. The van der Waals surface area contributed by atoms with E-state index in [9.17, 15) is 9.59 Å². The second-order valence-electron chi connectivity index (χ2n) is 3.92. The van der Waals surface area contributed by atoms with Gasteiger partial charge in [-0.3, -0.25) is 9.59 Å². The molecule has 2 aliphatic heterocycles. The van der Waals surface area contributed by atoms with Crippen LogP contribution in [-0.2, 0) is 9.59 Å². The molecule has 2 aliphatic rings. The Bertz CT molecular complexity index is 228. The van der Waals surface area contributed by atoms with Crippen molar-refractivity contribution in [2.24, 2.45) is 0 Å². The highest BCUT2D eigenvalue weighted by Crippen LogP contribution is 2.06. The summed E-state index contributed by atoms with van der Waals surface area (Å²) in [6, 6.07) is 0.484. The van der Waals surface area contributed by atoms with E-state index in [0.717, 1.165) is 13.0 Å². The maximum Gasteiger partial charge on any atom is 0.221 e. The van der Waals surface area contributed by atoms with Crippen molar-refractivity contribution in [3.8, 4) is 0 Å². The molecular formula is C9H15N3O2. The average molecular weight is 197 g/mol. The molecule has 5 nitrogen and oxygen atoms in total. The highest BCUT2D eigenvalue weighted by atomic mass is 16.2. The van der Waals surface area contributed by atoms with Gasteiger partial charge in [-0.05, 0) is 6.42 Å². The van der Waals surface area contributed by atoms with Crippen LogP contribution in [0.3, 0.4) is 0 Å². The molecule has 2 heterocycles. The summed E-state index contributed by atoms with van der Waals surface area (Å²) in [5.74, 6) is 0.246. The molecule has 0 aromatic carbocycles. The topological polar surface area (TPSA) is 70.2 Å². The first-order chi connectivity index (χ1) is 6.74. The van der Waals surface area contributed by atoms with E-state index in [2.05, 4.69) is 16.0 Å². The third kappa shape index (κ3) is 2.23. The van der Waals surface area contributed by atoms with Crippen LogP contribution in [0, 0.1) is 0 Å². The van der Waals surface area contributed by atoms with Gasteiger partial charge in [0.2, 0.25) is 11.8 Å². The van der Waals surface area contributed by atoms with E-state index < -0.39 is 0 Å². The molecule has 5 heteroatoms. The molecule has 0 saturated carbocycles. The van der Waals surface area contributed by atoms with Gasteiger partial charge in [-0.1, -0.05) is 0 Å². The number of hydrogen-bond donors (Lipinski definition) is 3. The molecule has 3 N–H and O–H groups in total. The van der Waals surface area contributed by atoms with E-state index in [0.29, 0.717) is 19.4 Å². The maximum absolute atomic E-state index is 10.9. The van der Waals surface area contributed by atoms with Gasteiger partial charge in [0.05, 0.1) is 0 Å². The Morgan fingerprint density at radius 3 is 2.79 bits per heavy atom. The molecule has 2 unspecified atom stereocenters. The van der Waals surface area contributed by atoms with Gasteiger partial charge in [-0.15, -0.1) is 0 Å². The summed E-state index contributed by atoms with van der Waals surface area (Å²) in [7, 11) is 0. The average Bonchev–Trinajstić information content (AvgIpc) is 2.72. The molecule has 2 amide bonds. The van der Waals surface area contributed by atoms with Gasteiger partial charge >= 0.3 is 0 Å². The summed E-state index contributed by atoms with van der Waals surface area (Å²) in [4.78, 5) is 21.8. The predicted molar refractivity (Wildman–Crippen MR) is 50.6 cm³/mol. The SMILES string of the molecule is O=C1CC(NCC2CCC(=O)N2)CN1. The molecule has 2 saturated heterocycles. The lowest BCUT2D eigenvalue weighted by molar-refractivity contribution is -0.120. The first-order valence-corrected chi connectivity index (χ1v) is 5.03. The molecule has 14 heavy (non-hydrogen) atoms. The maximum atomic E-state index is 10.9. The van der Waals surface area contributed by atoms with Crippen molar-refractivity contribution in [1.29, 1.82) is 0 Å². The van der Waals surface area contributed by atoms with Crippen molar-refractivity contribution in [1.82, 2.24) is 16.0 Å². The van der Waals surface area contributed by atoms with Crippen LogP contribution in [0.5, 0.6) is 0 Å². The van der Waals surface area contributed by atoms with E-state index in [1.54, 1.807) is 0 Å². The van der Waals surface area contributed by atoms with Gasteiger partial charge in [0.1, 0.15) is 0 Å². The number of nitrogens with one attached hydrogen (secondary N) is 3. The van der Waals surface area contributed by atoms with Gasteiger partial charge in [-0.25, -0.2) is 0 Å². The van der Waals surface area contributed by atoms with Crippen LogP contribution in [0.15, 0.2) is 0 Å². The summed E-state index contributed by atoms with van der Waals surface area (Å²) in [6.07, 6.45) is 2.09. The minimum absolute atomic E-state index is 0.109. The number of carbonyl (C=O) groups excluding carboxylic acids is 2. The molecule has 0 radical (unpaired) electrons. The minimum Gasteiger partial charge on any atom is -0.354 e. The highest BCUT2D eigenvalue weighted by Gasteiger charge is 2.24. The smallest absolute Gasteiger partial charge is 0.221 e. The predicted octanol–water partition coefficient (Wildman–Crippen LogP) is -1.26. The summed E-state index contributed by atoms with van der Waals surface area (Å²) in [6.45, 7) is 1.48. The van der Waals surface area contributed by atoms with Gasteiger partial charge in [0.15, 0.2) is 0 Å². The van der Waals surface area contributed by atoms with Crippen LogP contribution in [-0.4, -0.2) is 37.0 Å². The van der Waals surface area contributed by atoms with Crippen molar-refractivity contribution >= 4 is 11.8 Å². The molecule has 0 bridgehead atoms. The first-order valence-electron chi connectivity index (χ1n) is 5.03. The van der Waals surface area contributed by atoms with Crippen molar-refractivity contribution in [2.45, 2.75) is 31.3 Å². The van der Waals surface area contributed by atoms with Crippen molar-refractivity contribution in [3.63, 3.8) is 0 Å². The van der Waals surface area contributed by atoms with Crippen LogP contribution in [0.25, 0.3) is 0 Å². The number of amides is 2. The summed E-state index contributed by atoms with van der Waals surface area (Å²) in [5.41, 5.74) is 0. The van der Waals surface area contributed by atoms with Crippen LogP contribution < -0.4 is 16.0 Å². The van der Waals surface area contributed by atoms with Crippen LogP contribution >= 0.6 is 0 Å². The van der Waals surface area contributed by atoms with E-state index >= 15 is 0 Å². The Hall–Kier alpha value is -1.10.